The number of aliphatic hydroxyl groups is 1. The van der Waals surface area contributed by atoms with Crippen LogP contribution in [0.2, 0.25) is 0 Å². The molecule has 0 aliphatic heterocycles. The highest BCUT2D eigenvalue weighted by molar-refractivity contribution is 5.28. The highest BCUT2D eigenvalue weighted by atomic mass is 16.3. The van der Waals surface area contributed by atoms with E-state index in [2.05, 4.69) is 42.6 Å². The molecule has 2 saturated carbocycles. The zero-order valence-electron chi connectivity index (χ0n) is 12.5. The molecule has 2 fully saturated rings. The van der Waals surface area contributed by atoms with E-state index in [1.165, 1.54) is 18.4 Å². The molecule has 3 rings (SSSR count). The van der Waals surface area contributed by atoms with Crippen LogP contribution >= 0.6 is 0 Å². The van der Waals surface area contributed by atoms with E-state index in [1.54, 1.807) is 0 Å². The van der Waals surface area contributed by atoms with Gasteiger partial charge >= 0.3 is 0 Å². The minimum absolute atomic E-state index is 0.398. The predicted octanol–water partition coefficient (Wildman–Crippen LogP) is 3.46. The fourth-order valence-corrected chi connectivity index (χ4v) is 3.90. The number of nitrogens with one attached hydrogen (secondary N) is 1. The maximum Gasteiger partial charge on any atom is 0.0683 e. The van der Waals surface area contributed by atoms with Crippen molar-refractivity contribution in [2.45, 2.75) is 63.0 Å². The van der Waals surface area contributed by atoms with Gasteiger partial charge in [-0.05, 0) is 62.5 Å². The minimum Gasteiger partial charge on any atom is -0.390 e. The molecular formula is C18H27NO. The smallest absolute Gasteiger partial charge is 0.0683 e. The molecule has 0 spiro atoms. The molecule has 2 aliphatic rings. The third-order valence-corrected chi connectivity index (χ3v) is 5.24. The Morgan fingerprint density at radius 1 is 1.20 bits per heavy atom. The second kappa shape index (κ2) is 5.87. The molecule has 0 radical (unpaired) electrons. The molecule has 2 unspecified atom stereocenters. The Labute approximate surface area is 122 Å². The van der Waals surface area contributed by atoms with Crippen LogP contribution in [0.4, 0.5) is 0 Å². The highest BCUT2D eigenvalue weighted by Crippen LogP contribution is 2.57. The van der Waals surface area contributed by atoms with E-state index < -0.39 is 5.60 Å². The zero-order chi connectivity index (χ0) is 14.0. The average molecular weight is 273 g/mol. The molecule has 0 bridgehead atoms. The summed E-state index contributed by atoms with van der Waals surface area (Å²) in [6, 6.07) is 11.3. The number of rotatable bonds is 5. The van der Waals surface area contributed by atoms with Crippen molar-refractivity contribution in [1.82, 2.24) is 5.32 Å². The van der Waals surface area contributed by atoms with Gasteiger partial charge in [-0.2, -0.15) is 0 Å². The number of hydrogen-bond acceptors (Lipinski definition) is 2. The van der Waals surface area contributed by atoms with E-state index in [9.17, 15) is 5.11 Å². The third-order valence-electron chi connectivity index (χ3n) is 5.24. The van der Waals surface area contributed by atoms with E-state index in [1.807, 2.05) is 0 Å². The van der Waals surface area contributed by atoms with E-state index in [0.717, 1.165) is 32.2 Å². The molecule has 2 heteroatoms. The molecule has 2 aliphatic carbocycles. The summed E-state index contributed by atoms with van der Waals surface area (Å²) in [7, 11) is 0. The molecule has 0 saturated heterocycles. The summed E-state index contributed by atoms with van der Waals surface area (Å²) in [5.74, 6) is 1.10. The van der Waals surface area contributed by atoms with Gasteiger partial charge in [-0.15, -0.1) is 0 Å². The summed E-state index contributed by atoms with van der Waals surface area (Å²) in [6.07, 6.45) is 6.58. The van der Waals surface area contributed by atoms with E-state index in [4.69, 9.17) is 0 Å². The molecule has 20 heavy (non-hydrogen) atoms. The summed E-state index contributed by atoms with van der Waals surface area (Å²) in [6.45, 7) is 3.32. The predicted molar refractivity (Wildman–Crippen MR) is 82.8 cm³/mol. The van der Waals surface area contributed by atoms with Crippen LogP contribution in [0.1, 0.15) is 56.9 Å². The fourth-order valence-electron chi connectivity index (χ4n) is 3.90. The van der Waals surface area contributed by atoms with E-state index >= 15 is 0 Å². The highest BCUT2D eigenvalue weighted by Gasteiger charge is 2.53. The maximum absolute atomic E-state index is 11.0. The van der Waals surface area contributed by atoms with Crippen molar-refractivity contribution in [1.29, 1.82) is 0 Å². The largest absolute Gasteiger partial charge is 0.390 e. The Morgan fingerprint density at radius 2 is 1.90 bits per heavy atom. The first-order chi connectivity index (χ1) is 9.73. The first-order valence-corrected chi connectivity index (χ1v) is 8.23. The quantitative estimate of drug-likeness (QED) is 0.861. The van der Waals surface area contributed by atoms with Gasteiger partial charge in [0.15, 0.2) is 0 Å². The van der Waals surface area contributed by atoms with Gasteiger partial charge < -0.3 is 10.4 Å². The van der Waals surface area contributed by atoms with Crippen LogP contribution in [-0.4, -0.2) is 23.3 Å². The van der Waals surface area contributed by atoms with Crippen molar-refractivity contribution in [3.05, 3.63) is 35.9 Å². The Balaban J connectivity index is 1.54. The van der Waals surface area contributed by atoms with Crippen LogP contribution in [0, 0.1) is 5.92 Å². The normalized spacial score (nSPS) is 36.8. The molecule has 110 valence electrons. The van der Waals surface area contributed by atoms with Crippen LogP contribution in [0.15, 0.2) is 30.3 Å². The summed E-state index contributed by atoms with van der Waals surface area (Å²) in [5.41, 5.74) is 1.02. The number of hydrogen-bond donors (Lipinski definition) is 2. The molecule has 0 aromatic heterocycles. The van der Waals surface area contributed by atoms with Crippen molar-refractivity contribution in [2.24, 2.45) is 5.92 Å². The van der Waals surface area contributed by atoms with Crippen LogP contribution in [0.3, 0.4) is 0 Å². The Hall–Kier alpha value is -0.860. The maximum atomic E-state index is 11.0. The standard InChI is InChI=1S/C18H27NO/c1-2-12-19-15-8-10-18(20,11-9-15)17-13-16(17)14-6-4-3-5-7-14/h3-7,15-17,19-20H,2,8-13H2,1H3. The van der Waals surface area contributed by atoms with Gasteiger partial charge in [0.1, 0.15) is 0 Å². The Kier molecular flexibility index (Phi) is 4.13. The molecule has 1 aromatic carbocycles. The first-order valence-electron chi connectivity index (χ1n) is 8.23. The SMILES string of the molecule is CCCNC1CCC(O)(C2CC2c2ccccc2)CC1. The van der Waals surface area contributed by atoms with Gasteiger partial charge in [0.2, 0.25) is 0 Å². The van der Waals surface area contributed by atoms with Crippen LogP contribution < -0.4 is 5.32 Å². The lowest BCUT2D eigenvalue weighted by Gasteiger charge is -2.37. The van der Waals surface area contributed by atoms with Gasteiger partial charge in [-0.3, -0.25) is 0 Å². The second-order valence-corrected chi connectivity index (χ2v) is 6.69. The molecule has 2 N–H and O–H groups in total. The van der Waals surface area contributed by atoms with Crippen molar-refractivity contribution in [3.63, 3.8) is 0 Å². The zero-order valence-corrected chi connectivity index (χ0v) is 12.5. The van der Waals surface area contributed by atoms with Gasteiger partial charge in [-0.1, -0.05) is 37.3 Å². The second-order valence-electron chi connectivity index (χ2n) is 6.69. The molecule has 1 aromatic rings. The van der Waals surface area contributed by atoms with Crippen molar-refractivity contribution < 1.29 is 5.11 Å². The van der Waals surface area contributed by atoms with E-state index in [-0.39, 0.29) is 0 Å². The van der Waals surface area contributed by atoms with Gasteiger partial charge in [0.25, 0.3) is 0 Å². The topological polar surface area (TPSA) is 32.3 Å². The fraction of sp³-hybridized carbons (Fsp3) is 0.667. The summed E-state index contributed by atoms with van der Waals surface area (Å²) in [4.78, 5) is 0. The van der Waals surface area contributed by atoms with Gasteiger partial charge in [0.05, 0.1) is 5.60 Å². The van der Waals surface area contributed by atoms with E-state index in [0.29, 0.717) is 17.9 Å². The first kappa shape index (κ1) is 14.1. The summed E-state index contributed by atoms with van der Waals surface area (Å²) >= 11 is 0. The van der Waals surface area contributed by atoms with Crippen molar-refractivity contribution in [3.8, 4) is 0 Å². The summed E-state index contributed by atoms with van der Waals surface area (Å²) < 4.78 is 0. The van der Waals surface area contributed by atoms with Gasteiger partial charge in [-0.25, -0.2) is 0 Å². The third kappa shape index (κ3) is 2.91. The lowest BCUT2D eigenvalue weighted by atomic mass is 9.78. The molecule has 0 heterocycles. The molecule has 2 atom stereocenters. The monoisotopic (exact) mass is 273 g/mol. The van der Waals surface area contributed by atoms with Crippen LogP contribution in [-0.2, 0) is 0 Å². The summed E-state index contributed by atoms with van der Waals surface area (Å²) in [5, 5.41) is 14.6. The molecule has 2 nitrogen and oxygen atoms in total. The average Bonchev–Trinajstić information content (AvgIpc) is 3.29. The van der Waals surface area contributed by atoms with Crippen LogP contribution in [0.25, 0.3) is 0 Å². The lowest BCUT2D eigenvalue weighted by molar-refractivity contribution is -0.0252. The minimum atomic E-state index is -0.398. The van der Waals surface area contributed by atoms with Crippen LogP contribution in [0.5, 0.6) is 0 Å². The molecular weight excluding hydrogens is 246 g/mol. The number of benzene rings is 1. The Morgan fingerprint density at radius 3 is 2.55 bits per heavy atom. The Bertz CT molecular complexity index is 422. The lowest BCUT2D eigenvalue weighted by Crippen LogP contribution is -2.43. The van der Waals surface area contributed by atoms with Crippen molar-refractivity contribution in [2.75, 3.05) is 6.54 Å². The van der Waals surface area contributed by atoms with Crippen molar-refractivity contribution >= 4 is 0 Å². The van der Waals surface area contributed by atoms with Gasteiger partial charge in [0, 0.05) is 6.04 Å². The molecule has 0 amide bonds.